The van der Waals surface area contributed by atoms with Crippen molar-refractivity contribution in [2.45, 2.75) is 43.9 Å². The second kappa shape index (κ2) is 15.8. The SMILES string of the molecule is CNC(=O)[C@@H](Cc1ccccc1)N(C)C(=O)[C@@H](Cc1ccc(-c2ccccc2)cc1)N(C)C(=O)C=C(CC(C)(N)NC)NC. The van der Waals surface area contributed by atoms with Gasteiger partial charge in [0.15, 0.2) is 0 Å². The first-order valence-electron chi connectivity index (χ1n) is 14.8. The van der Waals surface area contributed by atoms with Gasteiger partial charge in [-0.1, -0.05) is 84.9 Å². The molecule has 0 radical (unpaired) electrons. The Labute approximate surface area is 261 Å². The largest absolute Gasteiger partial charge is 0.391 e. The Morgan fingerprint density at radius 2 is 1.27 bits per heavy atom. The van der Waals surface area contributed by atoms with Crippen LogP contribution in [0.4, 0.5) is 0 Å². The molecule has 0 saturated heterocycles. The molecule has 44 heavy (non-hydrogen) atoms. The van der Waals surface area contributed by atoms with Gasteiger partial charge in [0.2, 0.25) is 17.7 Å². The van der Waals surface area contributed by atoms with Crippen LogP contribution in [0.15, 0.2) is 96.7 Å². The zero-order chi connectivity index (χ0) is 32.3. The molecule has 0 bridgehead atoms. The Morgan fingerprint density at radius 1 is 0.750 bits per heavy atom. The van der Waals surface area contributed by atoms with Crippen LogP contribution in [0, 0.1) is 0 Å². The van der Waals surface area contributed by atoms with Crippen molar-refractivity contribution in [1.29, 1.82) is 0 Å². The number of likely N-dealkylation sites (N-methyl/N-ethyl adjacent to an activating group) is 3. The molecule has 9 nitrogen and oxygen atoms in total. The van der Waals surface area contributed by atoms with E-state index in [1.807, 2.05) is 91.9 Å². The predicted molar refractivity (Wildman–Crippen MR) is 176 cm³/mol. The van der Waals surface area contributed by atoms with Crippen LogP contribution in [-0.2, 0) is 27.2 Å². The quantitative estimate of drug-likeness (QED) is 0.167. The first-order chi connectivity index (χ1) is 21.0. The summed E-state index contributed by atoms with van der Waals surface area (Å²) in [5.41, 5.74) is 10.1. The van der Waals surface area contributed by atoms with E-state index in [0.717, 1.165) is 22.3 Å². The van der Waals surface area contributed by atoms with E-state index in [9.17, 15) is 14.4 Å². The Morgan fingerprint density at radius 3 is 1.82 bits per heavy atom. The van der Waals surface area contributed by atoms with E-state index in [2.05, 4.69) is 16.0 Å². The predicted octanol–water partition coefficient (Wildman–Crippen LogP) is 2.93. The minimum absolute atomic E-state index is 0.264. The minimum atomic E-state index is -0.874. The van der Waals surface area contributed by atoms with Crippen LogP contribution < -0.4 is 21.7 Å². The molecular formula is C35H46N6O3. The zero-order valence-corrected chi connectivity index (χ0v) is 26.6. The van der Waals surface area contributed by atoms with Crippen LogP contribution >= 0.6 is 0 Å². The molecule has 3 rings (SSSR count). The van der Waals surface area contributed by atoms with Crippen molar-refractivity contribution in [3.05, 3.63) is 108 Å². The maximum Gasteiger partial charge on any atom is 0.248 e. The average Bonchev–Trinajstić information content (AvgIpc) is 3.05. The lowest BCUT2D eigenvalue weighted by Crippen LogP contribution is -2.55. The molecule has 0 aromatic heterocycles. The highest BCUT2D eigenvalue weighted by Crippen LogP contribution is 2.22. The lowest BCUT2D eigenvalue weighted by molar-refractivity contribution is -0.146. The third-order valence-corrected chi connectivity index (χ3v) is 7.97. The number of hydrogen-bond acceptors (Lipinski definition) is 6. The summed E-state index contributed by atoms with van der Waals surface area (Å²) >= 11 is 0. The van der Waals surface area contributed by atoms with Gasteiger partial charge in [-0.05, 0) is 36.2 Å². The third-order valence-electron chi connectivity index (χ3n) is 7.97. The highest BCUT2D eigenvalue weighted by atomic mass is 16.2. The first-order valence-corrected chi connectivity index (χ1v) is 14.8. The van der Waals surface area contributed by atoms with E-state index in [4.69, 9.17) is 5.73 Å². The summed E-state index contributed by atoms with van der Waals surface area (Å²) < 4.78 is 0. The molecule has 1 unspecified atom stereocenters. The van der Waals surface area contributed by atoms with Crippen molar-refractivity contribution < 1.29 is 14.4 Å². The number of benzene rings is 3. The summed E-state index contributed by atoms with van der Waals surface area (Å²) in [6.45, 7) is 1.83. The standard InChI is InChI=1S/C35H46N6O3/c1-35(36,39-4)24-29(37-2)23-32(42)40(5)31(22-26-17-19-28(20-18-26)27-15-11-8-12-16-27)34(44)41(6)30(33(43)38-3)21-25-13-9-7-10-14-25/h7-20,23,30-31,37,39H,21-22,24,36H2,1-6H3,(H,38,43)/t30-,31-,35?/m1/s1. The van der Waals surface area contributed by atoms with Gasteiger partial charge < -0.3 is 31.5 Å². The number of carbonyl (C=O) groups is 3. The summed E-state index contributed by atoms with van der Waals surface area (Å²) in [5, 5.41) is 8.78. The molecular weight excluding hydrogens is 552 g/mol. The number of hydrogen-bond donors (Lipinski definition) is 4. The third kappa shape index (κ3) is 9.26. The van der Waals surface area contributed by atoms with Crippen LogP contribution in [0.1, 0.15) is 24.5 Å². The highest BCUT2D eigenvalue weighted by Gasteiger charge is 2.34. The number of nitrogens with two attached hydrogens (primary N) is 1. The van der Waals surface area contributed by atoms with Crippen LogP contribution in [0.25, 0.3) is 11.1 Å². The molecule has 3 amide bonds. The molecule has 0 aliphatic rings. The normalized spacial score (nSPS) is 14.1. The van der Waals surface area contributed by atoms with Gasteiger partial charge in [0.25, 0.3) is 0 Å². The van der Waals surface area contributed by atoms with Crippen molar-refractivity contribution in [2.75, 3.05) is 35.2 Å². The van der Waals surface area contributed by atoms with Gasteiger partial charge in [-0.2, -0.15) is 0 Å². The summed E-state index contributed by atoms with van der Waals surface area (Å²) in [4.78, 5) is 43.8. The van der Waals surface area contributed by atoms with Crippen molar-refractivity contribution in [2.24, 2.45) is 5.73 Å². The summed E-state index contributed by atoms with van der Waals surface area (Å²) in [7, 11) is 8.28. The maximum absolute atomic E-state index is 14.3. The lowest BCUT2D eigenvalue weighted by Gasteiger charge is -2.34. The number of carbonyl (C=O) groups excluding carboxylic acids is 3. The number of nitrogens with one attached hydrogen (secondary N) is 3. The molecule has 3 atom stereocenters. The van der Waals surface area contributed by atoms with E-state index in [1.54, 1.807) is 35.2 Å². The van der Waals surface area contributed by atoms with Crippen LogP contribution in [0.3, 0.4) is 0 Å². The molecule has 3 aromatic rings. The van der Waals surface area contributed by atoms with E-state index in [1.165, 1.54) is 15.9 Å². The van der Waals surface area contributed by atoms with Gasteiger partial charge >= 0.3 is 0 Å². The fourth-order valence-corrected chi connectivity index (χ4v) is 4.98. The summed E-state index contributed by atoms with van der Waals surface area (Å²) in [6.07, 6.45) is 2.44. The molecule has 0 heterocycles. The topological polar surface area (TPSA) is 120 Å². The number of amides is 3. The Hall–Kier alpha value is -4.47. The summed E-state index contributed by atoms with van der Waals surface area (Å²) in [6, 6.07) is 25.9. The molecule has 0 aliphatic heterocycles. The van der Waals surface area contributed by atoms with Crippen molar-refractivity contribution in [1.82, 2.24) is 25.8 Å². The fourth-order valence-electron chi connectivity index (χ4n) is 4.98. The summed E-state index contributed by atoms with van der Waals surface area (Å²) in [5.74, 6) is -0.972. The molecule has 9 heteroatoms. The smallest absolute Gasteiger partial charge is 0.248 e. The maximum atomic E-state index is 14.3. The Balaban J connectivity index is 1.95. The van der Waals surface area contributed by atoms with Crippen LogP contribution in [-0.4, -0.2) is 80.5 Å². The second-order valence-electron chi connectivity index (χ2n) is 11.3. The molecule has 5 N–H and O–H groups in total. The minimum Gasteiger partial charge on any atom is -0.391 e. The van der Waals surface area contributed by atoms with Gasteiger partial charge in [0, 0.05) is 59.2 Å². The van der Waals surface area contributed by atoms with E-state index in [-0.39, 0.29) is 24.1 Å². The molecule has 0 spiro atoms. The Bertz CT molecular complexity index is 1410. The van der Waals surface area contributed by atoms with Crippen molar-refractivity contribution >= 4 is 17.7 Å². The molecule has 0 aliphatic carbocycles. The molecule has 0 saturated carbocycles. The second-order valence-corrected chi connectivity index (χ2v) is 11.3. The number of rotatable bonds is 14. The first kappa shape index (κ1) is 34.0. The van der Waals surface area contributed by atoms with Gasteiger partial charge in [0.1, 0.15) is 12.1 Å². The molecule has 3 aromatic carbocycles. The van der Waals surface area contributed by atoms with Gasteiger partial charge in [-0.15, -0.1) is 0 Å². The Kier molecular flexibility index (Phi) is 12.3. The van der Waals surface area contributed by atoms with Crippen molar-refractivity contribution in [3.8, 4) is 11.1 Å². The van der Waals surface area contributed by atoms with Crippen LogP contribution in [0.5, 0.6) is 0 Å². The zero-order valence-electron chi connectivity index (χ0n) is 26.6. The lowest BCUT2D eigenvalue weighted by atomic mass is 9.98. The van der Waals surface area contributed by atoms with Gasteiger partial charge in [-0.25, -0.2) is 0 Å². The van der Waals surface area contributed by atoms with Crippen molar-refractivity contribution in [3.63, 3.8) is 0 Å². The van der Waals surface area contributed by atoms with Crippen LogP contribution in [0.2, 0.25) is 0 Å². The fraction of sp³-hybridized carbons (Fsp3) is 0.343. The van der Waals surface area contributed by atoms with Gasteiger partial charge in [0.05, 0.1) is 5.66 Å². The van der Waals surface area contributed by atoms with E-state index in [0.29, 0.717) is 18.5 Å². The average molecular weight is 599 g/mol. The molecule has 0 fully saturated rings. The van der Waals surface area contributed by atoms with E-state index < -0.39 is 17.7 Å². The van der Waals surface area contributed by atoms with E-state index >= 15 is 0 Å². The number of nitrogens with zero attached hydrogens (tertiary/aromatic N) is 2. The molecule has 234 valence electrons. The highest BCUT2D eigenvalue weighted by molar-refractivity contribution is 5.95. The monoisotopic (exact) mass is 598 g/mol. The van der Waals surface area contributed by atoms with Gasteiger partial charge in [-0.3, -0.25) is 14.4 Å².